The Bertz CT molecular complexity index is 1200. The molecule has 2 aromatic heterocycles. The summed E-state index contributed by atoms with van der Waals surface area (Å²) in [7, 11) is 1.60. The number of ether oxygens (including phenoxy) is 1. The molecule has 4 rings (SSSR count). The van der Waals surface area contributed by atoms with Gasteiger partial charge in [-0.3, -0.25) is 9.59 Å². The highest BCUT2D eigenvalue weighted by Crippen LogP contribution is 2.17. The zero-order valence-electron chi connectivity index (χ0n) is 18.2. The number of fused-ring (bicyclic) bond motifs is 1. The summed E-state index contributed by atoms with van der Waals surface area (Å²) in [4.78, 5) is 45.3. The molecule has 0 radical (unpaired) electrons. The van der Waals surface area contributed by atoms with Gasteiger partial charge in [-0.2, -0.15) is 5.10 Å². The first-order chi connectivity index (χ1) is 15.5. The Labute approximate surface area is 185 Å². The van der Waals surface area contributed by atoms with Crippen molar-refractivity contribution in [2.24, 2.45) is 7.05 Å². The fourth-order valence-electron chi connectivity index (χ4n) is 3.85. The minimum atomic E-state index is -0.387. The molecule has 3 aromatic rings. The number of benzene rings is 1. The van der Waals surface area contributed by atoms with E-state index in [-0.39, 0.29) is 23.9 Å². The van der Waals surface area contributed by atoms with Crippen LogP contribution in [0, 0.1) is 0 Å². The molecule has 9 heteroatoms. The van der Waals surface area contributed by atoms with Gasteiger partial charge in [0.15, 0.2) is 0 Å². The number of carbonyl (C=O) groups is 2. The molecule has 1 saturated heterocycles. The summed E-state index contributed by atoms with van der Waals surface area (Å²) in [5.41, 5.74) is 0.847. The smallest absolute Gasteiger partial charge is 0.339 e. The number of aryl methyl sites for hydroxylation is 1. The number of piperazine rings is 1. The lowest BCUT2D eigenvalue weighted by Gasteiger charge is -2.35. The molecule has 0 bridgehead atoms. The largest absolute Gasteiger partial charge is 0.462 e. The predicted octanol–water partition coefficient (Wildman–Crippen LogP) is 1.40. The van der Waals surface area contributed by atoms with E-state index in [4.69, 9.17) is 4.74 Å². The Morgan fingerprint density at radius 1 is 1.03 bits per heavy atom. The summed E-state index contributed by atoms with van der Waals surface area (Å²) in [6.07, 6.45) is 1.66. The quantitative estimate of drug-likeness (QED) is 0.559. The maximum atomic E-state index is 12.9. The van der Waals surface area contributed by atoms with Gasteiger partial charge in [0.25, 0.3) is 5.56 Å². The molecule has 1 fully saturated rings. The molecule has 1 aliphatic heterocycles. The Morgan fingerprint density at radius 2 is 1.75 bits per heavy atom. The average molecular weight is 435 g/mol. The van der Waals surface area contributed by atoms with Gasteiger partial charge in [0.2, 0.25) is 5.91 Å². The summed E-state index contributed by atoms with van der Waals surface area (Å²) >= 11 is 0. The number of rotatable bonds is 5. The molecule has 1 amide bonds. The Morgan fingerprint density at radius 3 is 2.41 bits per heavy atom. The van der Waals surface area contributed by atoms with Crippen LogP contribution in [0.25, 0.3) is 10.8 Å². The van der Waals surface area contributed by atoms with E-state index in [2.05, 4.69) is 15.0 Å². The van der Waals surface area contributed by atoms with Crippen LogP contribution in [0.2, 0.25) is 0 Å². The first-order valence-electron chi connectivity index (χ1n) is 10.6. The van der Waals surface area contributed by atoms with Crippen LogP contribution in [-0.2, 0) is 23.0 Å². The van der Waals surface area contributed by atoms with Crippen molar-refractivity contribution in [3.8, 4) is 0 Å². The molecular formula is C23H25N5O4. The van der Waals surface area contributed by atoms with Crippen molar-refractivity contribution in [1.29, 1.82) is 0 Å². The summed E-state index contributed by atoms with van der Waals surface area (Å²) < 4.78 is 6.27. The van der Waals surface area contributed by atoms with E-state index < -0.39 is 0 Å². The van der Waals surface area contributed by atoms with Crippen LogP contribution in [0.5, 0.6) is 0 Å². The fraction of sp³-hybridized carbons (Fsp3) is 0.348. The Hall–Kier alpha value is -3.75. The lowest BCUT2D eigenvalue weighted by molar-refractivity contribution is -0.130. The summed E-state index contributed by atoms with van der Waals surface area (Å²) in [6, 6.07) is 10.7. The van der Waals surface area contributed by atoms with Crippen molar-refractivity contribution in [3.05, 3.63) is 64.2 Å². The van der Waals surface area contributed by atoms with Gasteiger partial charge in [0.05, 0.1) is 29.7 Å². The highest BCUT2D eigenvalue weighted by Gasteiger charge is 2.23. The van der Waals surface area contributed by atoms with Gasteiger partial charge < -0.3 is 14.5 Å². The third-order valence-corrected chi connectivity index (χ3v) is 5.57. The van der Waals surface area contributed by atoms with E-state index in [1.165, 1.54) is 10.9 Å². The zero-order valence-corrected chi connectivity index (χ0v) is 18.2. The van der Waals surface area contributed by atoms with Gasteiger partial charge in [-0.15, -0.1) is 0 Å². The number of aromatic nitrogens is 3. The topological polar surface area (TPSA) is 97.6 Å². The van der Waals surface area contributed by atoms with Crippen LogP contribution in [0.4, 0.5) is 5.82 Å². The van der Waals surface area contributed by atoms with Crippen LogP contribution in [0.3, 0.4) is 0 Å². The normalized spacial score (nSPS) is 13.9. The first kappa shape index (κ1) is 21.5. The third-order valence-electron chi connectivity index (χ3n) is 5.57. The number of hydrogen-bond acceptors (Lipinski definition) is 7. The Balaban J connectivity index is 1.40. The highest BCUT2D eigenvalue weighted by atomic mass is 16.5. The summed E-state index contributed by atoms with van der Waals surface area (Å²) in [5, 5.41) is 5.61. The molecular weight excluding hydrogens is 410 g/mol. The third kappa shape index (κ3) is 4.32. The number of pyridine rings is 1. The monoisotopic (exact) mass is 435 g/mol. The number of anilines is 1. The van der Waals surface area contributed by atoms with Crippen molar-refractivity contribution in [2.45, 2.75) is 13.3 Å². The van der Waals surface area contributed by atoms with Gasteiger partial charge in [0, 0.05) is 44.8 Å². The molecule has 166 valence electrons. The summed E-state index contributed by atoms with van der Waals surface area (Å²) in [5.74, 6) is 0.351. The minimum absolute atomic E-state index is 0.0217. The SMILES string of the molecule is CCOC(=O)c1ccc(N2CCN(C(=O)Cc3nn(C)c(=O)c4ccccc34)CC2)nc1. The van der Waals surface area contributed by atoms with E-state index in [9.17, 15) is 14.4 Å². The number of hydrogen-bond donors (Lipinski definition) is 0. The molecule has 0 aliphatic carbocycles. The predicted molar refractivity (Wildman–Crippen MR) is 120 cm³/mol. The van der Waals surface area contributed by atoms with Gasteiger partial charge in [-0.1, -0.05) is 18.2 Å². The fourth-order valence-corrected chi connectivity index (χ4v) is 3.85. The molecule has 0 unspecified atom stereocenters. The van der Waals surface area contributed by atoms with Crippen molar-refractivity contribution >= 4 is 28.5 Å². The van der Waals surface area contributed by atoms with Crippen LogP contribution >= 0.6 is 0 Å². The molecule has 0 atom stereocenters. The standard InChI is InChI=1S/C23H25N5O4/c1-3-32-23(31)16-8-9-20(24-15-16)27-10-12-28(13-11-27)21(29)14-19-17-6-4-5-7-18(17)22(30)26(2)25-19/h4-9,15H,3,10-14H2,1-2H3. The van der Waals surface area contributed by atoms with Crippen molar-refractivity contribution in [3.63, 3.8) is 0 Å². The number of nitrogens with zero attached hydrogens (tertiary/aromatic N) is 5. The van der Waals surface area contributed by atoms with Gasteiger partial charge in [0.1, 0.15) is 5.82 Å². The maximum Gasteiger partial charge on any atom is 0.339 e. The van der Waals surface area contributed by atoms with Crippen molar-refractivity contribution in [2.75, 3.05) is 37.7 Å². The lowest BCUT2D eigenvalue weighted by atomic mass is 10.1. The van der Waals surface area contributed by atoms with Crippen LogP contribution < -0.4 is 10.5 Å². The molecule has 0 spiro atoms. The second kappa shape index (κ2) is 9.17. The molecule has 3 heterocycles. The second-order valence-electron chi connectivity index (χ2n) is 7.59. The van der Waals surface area contributed by atoms with Crippen molar-refractivity contribution in [1.82, 2.24) is 19.7 Å². The second-order valence-corrected chi connectivity index (χ2v) is 7.59. The molecule has 32 heavy (non-hydrogen) atoms. The van der Waals surface area contributed by atoms with E-state index in [0.29, 0.717) is 54.8 Å². The van der Waals surface area contributed by atoms with Crippen LogP contribution in [0.1, 0.15) is 23.0 Å². The van der Waals surface area contributed by atoms with E-state index in [1.54, 1.807) is 32.2 Å². The average Bonchev–Trinajstić information content (AvgIpc) is 2.83. The molecule has 1 aliphatic rings. The first-order valence-corrected chi connectivity index (χ1v) is 10.6. The molecule has 0 N–H and O–H groups in total. The lowest BCUT2D eigenvalue weighted by Crippen LogP contribution is -2.49. The van der Waals surface area contributed by atoms with Crippen LogP contribution in [-0.4, -0.2) is 64.3 Å². The van der Waals surface area contributed by atoms with Crippen LogP contribution in [0.15, 0.2) is 47.4 Å². The van der Waals surface area contributed by atoms with Gasteiger partial charge in [-0.25, -0.2) is 14.5 Å². The van der Waals surface area contributed by atoms with E-state index in [0.717, 1.165) is 5.82 Å². The van der Waals surface area contributed by atoms with Crippen molar-refractivity contribution < 1.29 is 14.3 Å². The molecule has 0 saturated carbocycles. The maximum absolute atomic E-state index is 12.9. The van der Waals surface area contributed by atoms with Gasteiger partial charge in [-0.05, 0) is 25.1 Å². The van der Waals surface area contributed by atoms with E-state index in [1.807, 2.05) is 23.1 Å². The molecule has 1 aromatic carbocycles. The zero-order chi connectivity index (χ0) is 22.7. The number of amides is 1. The summed E-state index contributed by atoms with van der Waals surface area (Å²) in [6.45, 7) is 4.48. The number of carbonyl (C=O) groups excluding carboxylic acids is 2. The minimum Gasteiger partial charge on any atom is -0.462 e. The highest BCUT2D eigenvalue weighted by molar-refractivity contribution is 5.89. The number of esters is 1. The van der Waals surface area contributed by atoms with Gasteiger partial charge >= 0.3 is 5.97 Å². The van der Waals surface area contributed by atoms with E-state index >= 15 is 0 Å². The Kier molecular flexibility index (Phi) is 6.16. The molecule has 9 nitrogen and oxygen atoms in total.